The fourth-order valence-electron chi connectivity index (χ4n) is 3.99. The Labute approximate surface area is 116 Å². The normalized spacial score (nSPS) is 43.5. The molecule has 0 spiro atoms. The third-order valence-corrected chi connectivity index (χ3v) is 4.97. The van der Waals surface area contributed by atoms with E-state index in [2.05, 4.69) is 0 Å². The summed E-state index contributed by atoms with van der Waals surface area (Å²) in [4.78, 5) is 11.4. The third-order valence-electron chi connectivity index (χ3n) is 4.97. The minimum Gasteiger partial charge on any atom is -0.480 e. The lowest BCUT2D eigenvalue weighted by atomic mass is 9.75. The number of fused-ring (bicyclic) bond motifs is 1. The van der Waals surface area contributed by atoms with Crippen LogP contribution in [0.3, 0.4) is 0 Å². The molecule has 0 bridgehead atoms. The zero-order valence-electron chi connectivity index (χ0n) is 11.2. The van der Waals surface area contributed by atoms with Gasteiger partial charge in [0.05, 0.1) is 6.10 Å². The van der Waals surface area contributed by atoms with Crippen LogP contribution in [0.2, 0.25) is 6.32 Å². The summed E-state index contributed by atoms with van der Waals surface area (Å²) in [5, 5.41) is 36.6. The van der Waals surface area contributed by atoms with Gasteiger partial charge in [-0.1, -0.05) is 6.42 Å². The van der Waals surface area contributed by atoms with Crippen molar-refractivity contribution in [3.63, 3.8) is 0 Å². The second kappa shape index (κ2) is 5.59. The predicted molar refractivity (Wildman–Crippen MR) is 69.4 cm³/mol. The van der Waals surface area contributed by atoms with E-state index in [1.54, 1.807) is 0 Å². The lowest BCUT2D eigenvalue weighted by molar-refractivity contribution is -0.145. The van der Waals surface area contributed by atoms with Crippen LogP contribution in [-0.2, 0) is 4.79 Å². The van der Waals surface area contributed by atoms with E-state index in [0.717, 1.165) is 0 Å². The van der Waals surface area contributed by atoms with Gasteiger partial charge in [-0.15, -0.1) is 0 Å². The number of aliphatic hydroxyl groups is 1. The van der Waals surface area contributed by atoms with Crippen LogP contribution in [0.15, 0.2) is 0 Å². The Morgan fingerprint density at radius 2 is 2.05 bits per heavy atom. The monoisotopic (exact) mass is 289 g/mol. The first-order valence-corrected chi connectivity index (χ1v) is 6.98. The first kappa shape index (κ1) is 15.7. The third kappa shape index (κ3) is 2.57. The molecule has 8 heteroatoms. The highest BCUT2D eigenvalue weighted by atomic mass is 19.1. The molecular weight excluding hydrogens is 268 g/mol. The molecule has 0 aliphatic heterocycles. The molecule has 2 fully saturated rings. The molecule has 20 heavy (non-hydrogen) atoms. The van der Waals surface area contributed by atoms with Crippen LogP contribution in [0.4, 0.5) is 4.39 Å². The van der Waals surface area contributed by atoms with Crippen molar-refractivity contribution < 1.29 is 29.4 Å². The number of carboxylic acids is 1. The van der Waals surface area contributed by atoms with E-state index in [1.807, 2.05) is 0 Å². The minimum absolute atomic E-state index is 0.0254. The fraction of sp³-hybridized carbons (Fsp3) is 0.917. The second-order valence-electron chi connectivity index (χ2n) is 6.14. The van der Waals surface area contributed by atoms with E-state index >= 15 is 0 Å². The molecule has 2 aliphatic rings. The minimum atomic E-state index is -1.49. The number of halogens is 1. The smallest absolute Gasteiger partial charge is 0.451 e. The van der Waals surface area contributed by atoms with Gasteiger partial charge < -0.3 is 26.0 Å². The van der Waals surface area contributed by atoms with Crippen molar-refractivity contribution in [3.8, 4) is 0 Å². The molecule has 2 rings (SSSR count). The van der Waals surface area contributed by atoms with E-state index < -0.39 is 42.7 Å². The topological polar surface area (TPSA) is 124 Å². The van der Waals surface area contributed by atoms with E-state index in [0.29, 0.717) is 12.8 Å². The van der Waals surface area contributed by atoms with Gasteiger partial charge in [-0.25, -0.2) is 4.39 Å². The summed E-state index contributed by atoms with van der Waals surface area (Å²) in [5.41, 5.74) is 4.50. The highest BCUT2D eigenvalue weighted by molar-refractivity contribution is 6.40. The number of hydrogen-bond acceptors (Lipinski definition) is 5. The van der Waals surface area contributed by atoms with Gasteiger partial charge >= 0.3 is 13.1 Å². The van der Waals surface area contributed by atoms with Crippen LogP contribution < -0.4 is 5.73 Å². The lowest BCUT2D eigenvalue weighted by Crippen LogP contribution is -2.52. The summed E-state index contributed by atoms with van der Waals surface area (Å²) in [5.74, 6) is -2.37. The maximum atomic E-state index is 13.9. The van der Waals surface area contributed by atoms with Crippen molar-refractivity contribution in [1.29, 1.82) is 0 Å². The van der Waals surface area contributed by atoms with Gasteiger partial charge in [0, 0.05) is 0 Å². The van der Waals surface area contributed by atoms with Crippen molar-refractivity contribution in [2.75, 3.05) is 0 Å². The maximum Gasteiger partial charge on any atom is 0.451 e. The van der Waals surface area contributed by atoms with Gasteiger partial charge in [0.15, 0.2) is 0 Å². The molecule has 0 aromatic heterocycles. The standard InChI is InChI=1S/C12H21BFNO5/c14-10-7-5-12(15,11(17)18)8(2-1-3-13(19)20)6(7)4-9(10)16/h6-10,16,19-20H,1-5,15H2,(H,17,18)/t6-,7?,8?,9?,10?,12?/m1/s1. The Morgan fingerprint density at radius 3 is 2.60 bits per heavy atom. The number of alkyl halides is 1. The molecule has 6 nitrogen and oxygen atoms in total. The quantitative estimate of drug-likeness (QED) is 0.430. The van der Waals surface area contributed by atoms with Crippen molar-refractivity contribution >= 4 is 13.1 Å². The Morgan fingerprint density at radius 1 is 1.40 bits per heavy atom. The number of hydrogen-bond donors (Lipinski definition) is 5. The molecule has 2 saturated carbocycles. The van der Waals surface area contributed by atoms with Crippen LogP contribution in [0.5, 0.6) is 0 Å². The molecule has 0 aromatic rings. The van der Waals surface area contributed by atoms with Crippen molar-refractivity contribution in [1.82, 2.24) is 0 Å². The molecule has 0 amide bonds. The van der Waals surface area contributed by atoms with Crippen molar-refractivity contribution in [2.24, 2.45) is 23.5 Å². The number of aliphatic carboxylic acids is 1. The van der Waals surface area contributed by atoms with E-state index in [-0.39, 0.29) is 25.1 Å². The van der Waals surface area contributed by atoms with Crippen LogP contribution >= 0.6 is 0 Å². The van der Waals surface area contributed by atoms with Gasteiger partial charge in [-0.05, 0) is 43.3 Å². The molecule has 0 radical (unpaired) electrons. The number of nitrogens with two attached hydrogens (primary N) is 1. The Hall–Kier alpha value is -0.695. The molecule has 5 unspecified atom stereocenters. The molecular formula is C12H21BFNO5. The zero-order chi connectivity index (χ0) is 15.1. The molecule has 0 heterocycles. The molecule has 2 aliphatic carbocycles. The van der Waals surface area contributed by atoms with Gasteiger partial charge in [-0.3, -0.25) is 4.79 Å². The Bertz CT molecular complexity index is 385. The summed E-state index contributed by atoms with van der Waals surface area (Å²) in [6.07, 6.45) is -1.29. The number of rotatable bonds is 5. The number of aliphatic hydroxyl groups excluding tert-OH is 1. The average molecular weight is 289 g/mol. The summed E-state index contributed by atoms with van der Waals surface area (Å²) >= 11 is 0. The first-order chi connectivity index (χ1) is 9.27. The summed E-state index contributed by atoms with van der Waals surface area (Å²) in [7, 11) is -1.44. The van der Waals surface area contributed by atoms with Gasteiger partial charge in [0.25, 0.3) is 0 Å². The van der Waals surface area contributed by atoms with Crippen LogP contribution in [-0.4, -0.2) is 51.2 Å². The first-order valence-electron chi connectivity index (χ1n) is 6.98. The second-order valence-corrected chi connectivity index (χ2v) is 6.14. The Balaban J connectivity index is 2.12. The molecule has 6 atom stereocenters. The van der Waals surface area contributed by atoms with Gasteiger partial charge in [0.1, 0.15) is 11.7 Å². The summed E-state index contributed by atoms with van der Waals surface area (Å²) in [6, 6.07) is 0. The van der Waals surface area contributed by atoms with Crippen LogP contribution in [0.1, 0.15) is 25.7 Å². The molecule has 0 aromatic carbocycles. The van der Waals surface area contributed by atoms with E-state index in [1.165, 1.54) is 0 Å². The fourth-order valence-corrected chi connectivity index (χ4v) is 3.99. The van der Waals surface area contributed by atoms with E-state index in [4.69, 9.17) is 15.8 Å². The van der Waals surface area contributed by atoms with Crippen molar-refractivity contribution in [2.45, 2.75) is 49.8 Å². The largest absolute Gasteiger partial charge is 0.480 e. The van der Waals surface area contributed by atoms with Crippen LogP contribution in [0, 0.1) is 17.8 Å². The maximum absolute atomic E-state index is 13.9. The molecule has 6 N–H and O–H groups in total. The zero-order valence-corrected chi connectivity index (χ0v) is 11.2. The van der Waals surface area contributed by atoms with E-state index in [9.17, 15) is 19.4 Å². The van der Waals surface area contributed by atoms with Gasteiger partial charge in [-0.2, -0.15) is 0 Å². The average Bonchev–Trinajstić information content (AvgIpc) is 2.77. The predicted octanol–water partition coefficient (Wildman–Crippen LogP) is -0.624. The lowest BCUT2D eigenvalue weighted by Gasteiger charge is -2.30. The van der Waals surface area contributed by atoms with Crippen molar-refractivity contribution in [3.05, 3.63) is 0 Å². The highest BCUT2D eigenvalue weighted by Gasteiger charge is 2.61. The molecule has 114 valence electrons. The highest BCUT2D eigenvalue weighted by Crippen LogP contribution is 2.54. The molecule has 0 saturated heterocycles. The van der Waals surface area contributed by atoms with Crippen LogP contribution in [0.25, 0.3) is 0 Å². The summed E-state index contributed by atoms with van der Waals surface area (Å²) in [6.45, 7) is 0. The Kier molecular flexibility index (Phi) is 4.39. The number of carboxylic acid groups (broad SMARTS) is 1. The SMILES string of the molecule is NC1(C(=O)O)CC2C(F)C(O)C[C@H]2C1CCCB(O)O. The summed E-state index contributed by atoms with van der Waals surface area (Å²) < 4.78 is 13.9. The number of carbonyl (C=O) groups is 1. The van der Waals surface area contributed by atoms with Gasteiger partial charge in [0.2, 0.25) is 0 Å².